The highest BCUT2D eigenvalue weighted by atomic mass is 16.1. The van der Waals surface area contributed by atoms with Crippen LogP contribution < -0.4 is 10.2 Å². The number of anilines is 2. The molecule has 1 saturated heterocycles. The van der Waals surface area contributed by atoms with E-state index in [9.17, 15) is 4.79 Å². The summed E-state index contributed by atoms with van der Waals surface area (Å²) in [4.78, 5) is 17.6. The lowest BCUT2D eigenvalue weighted by Crippen LogP contribution is -2.44. The van der Waals surface area contributed by atoms with E-state index in [1.54, 1.807) is 0 Å². The van der Waals surface area contributed by atoms with E-state index in [-0.39, 0.29) is 5.91 Å². The molecule has 1 aliphatic heterocycles. The third-order valence-corrected chi connectivity index (χ3v) is 5.36. The Balaban J connectivity index is 1.61. The summed E-state index contributed by atoms with van der Waals surface area (Å²) in [5.41, 5.74) is 4.83. The van der Waals surface area contributed by atoms with Gasteiger partial charge in [0.05, 0.1) is 5.56 Å². The Morgan fingerprint density at radius 1 is 0.963 bits per heavy atom. The van der Waals surface area contributed by atoms with E-state index in [1.807, 2.05) is 44.3 Å². The molecule has 5 nitrogen and oxygen atoms in total. The number of aryl methyl sites for hydroxylation is 2. The lowest BCUT2D eigenvalue weighted by Gasteiger charge is -2.33. The molecule has 4 rings (SSSR count). The van der Waals surface area contributed by atoms with Gasteiger partial charge in [-0.2, -0.15) is 0 Å². The second kappa shape index (κ2) is 7.08. The van der Waals surface area contributed by atoms with E-state index >= 15 is 0 Å². The van der Waals surface area contributed by atoms with Crippen LogP contribution in [-0.2, 0) is 0 Å². The van der Waals surface area contributed by atoms with E-state index in [0.29, 0.717) is 5.56 Å². The van der Waals surface area contributed by atoms with Crippen molar-refractivity contribution in [2.24, 2.45) is 0 Å². The SMILES string of the molecule is Cc1ccc(C)c(NC(=O)c2ccc3ccc(N4CCN(C)CC4)n3c2)c1. The third kappa shape index (κ3) is 3.55. The summed E-state index contributed by atoms with van der Waals surface area (Å²) >= 11 is 0. The lowest BCUT2D eigenvalue weighted by molar-refractivity contribution is 0.102. The monoisotopic (exact) mass is 362 g/mol. The highest BCUT2D eigenvalue weighted by molar-refractivity contribution is 6.04. The Morgan fingerprint density at radius 2 is 1.70 bits per heavy atom. The van der Waals surface area contributed by atoms with Crippen molar-refractivity contribution in [3.63, 3.8) is 0 Å². The maximum absolute atomic E-state index is 12.8. The molecule has 0 aliphatic carbocycles. The minimum atomic E-state index is -0.0800. The first-order valence-electron chi connectivity index (χ1n) is 9.44. The van der Waals surface area contributed by atoms with Gasteiger partial charge in [-0.15, -0.1) is 0 Å². The summed E-state index contributed by atoms with van der Waals surface area (Å²) < 4.78 is 2.13. The maximum atomic E-state index is 12.8. The molecule has 27 heavy (non-hydrogen) atoms. The van der Waals surface area contributed by atoms with Gasteiger partial charge in [0.1, 0.15) is 5.82 Å². The first-order chi connectivity index (χ1) is 13.0. The van der Waals surface area contributed by atoms with Gasteiger partial charge in [-0.25, -0.2) is 0 Å². The quantitative estimate of drug-likeness (QED) is 0.774. The van der Waals surface area contributed by atoms with Gasteiger partial charge in [-0.3, -0.25) is 4.79 Å². The molecule has 0 bridgehead atoms. The lowest BCUT2D eigenvalue weighted by atomic mass is 10.1. The van der Waals surface area contributed by atoms with Gasteiger partial charge in [-0.05, 0) is 62.4 Å². The number of pyridine rings is 1. The van der Waals surface area contributed by atoms with Crippen LogP contribution in [0.25, 0.3) is 5.52 Å². The second-order valence-electron chi connectivity index (χ2n) is 7.47. The van der Waals surface area contributed by atoms with Gasteiger partial charge in [0.25, 0.3) is 5.91 Å². The van der Waals surface area contributed by atoms with Gasteiger partial charge in [-0.1, -0.05) is 12.1 Å². The zero-order chi connectivity index (χ0) is 19.0. The van der Waals surface area contributed by atoms with E-state index in [0.717, 1.165) is 54.3 Å². The molecule has 1 fully saturated rings. The number of rotatable bonds is 3. The first-order valence-corrected chi connectivity index (χ1v) is 9.44. The molecular weight excluding hydrogens is 336 g/mol. The Morgan fingerprint density at radius 3 is 2.48 bits per heavy atom. The standard InChI is InChI=1S/C22H26N4O/c1-16-4-5-17(2)20(14-16)23-22(27)18-6-7-19-8-9-21(26(19)15-18)25-12-10-24(3)11-13-25/h4-9,14-15H,10-13H2,1-3H3,(H,23,27). The number of aromatic nitrogens is 1. The summed E-state index contributed by atoms with van der Waals surface area (Å²) in [6, 6.07) is 14.3. The molecule has 0 spiro atoms. The van der Waals surface area contributed by atoms with E-state index in [2.05, 4.69) is 44.8 Å². The van der Waals surface area contributed by atoms with Crippen LogP contribution in [0, 0.1) is 13.8 Å². The van der Waals surface area contributed by atoms with Crippen molar-refractivity contribution >= 4 is 22.9 Å². The molecule has 3 aromatic rings. The number of benzene rings is 1. The zero-order valence-corrected chi connectivity index (χ0v) is 16.2. The minimum absolute atomic E-state index is 0.0800. The number of hydrogen-bond donors (Lipinski definition) is 1. The minimum Gasteiger partial charge on any atom is -0.355 e. The molecule has 1 aliphatic rings. The number of amides is 1. The topological polar surface area (TPSA) is 40.0 Å². The smallest absolute Gasteiger partial charge is 0.257 e. The molecule has 2 aromatic heterocycles. The van der Waals surface area contributed by atoms with Crippen molar-refractivity contribution in [1.29, 1.82) is 0 Å². The van der Waals surface area contributed by atoms with Crippen molar-refractivity contribution < 1.29 is 4.79 Å². The molecule has 5 heteroatoms. The number of piperazine rings is 1. The van der Waals surface area contributed by atoms with Gasteiger partial charge in [0.15, 0.2) is 0 Å². The number of likely N-dealkylation sites (N-methyl/N-ethyl adjacent to an activating group) is 1. The number of carbonyl (C=O) groups excluding carboxylic acids is 1. The molecule has 1 amide bonds. The average Bonchev–Trinajstić information content (AvgIpc) is 3.08. The fourth-order valence-corrected chi connectivity index (χ4v) is 3.58. The van der Waals surface area contributed by atoms with Crippen molar-refractivity contribution in [3.05, 3.63) is 65.4 Å². The summed E-state index contributed by atoms with van der Waals surface area (Å²) in [6.45, 7) is 8.15. The summed E-state index contributed by atoms with van der Waals surface area (Å²) in [5.74, 6) is 1.07. The predicted molar refractivity (Wildman–Crippen MR) is 111 cm³/mol. The van der Waals surface area contributed by atoms with Crippen LogP contribution >= 0.6 is 0 Å². The van der Waals surface area contributed by atoms with Crippen LogP contribution in [0.3, 0.4) is 0 Å². The van der Waals surface area contributed by atoms with Crippen molar-refractivity contribution in [3.8, 4) is 0 Å². The predicted octanol–water partition coefficient (Wildman–Crippen LogP) is 3.56. The van der Waals surface area contributed by atoms with Crippen LogP contribution in [-0.4, -0.2) is 48.4 Å². The van der Waals surface area contributed by atoms with E-state index in [4.69, 9.17) is 0 Å². The maximum Gasteiger partial charge on any atom is 0.257 e. The molecule has 0 atom stereocenters. The Bertz CT molecular complexity index is 983. The highest BCUT2D eigenvalue weighted by Crippen LogP contribution is 2.23. The number of hydrogen-bond acceptors (Lipinski definition) is 3. The number of nitrogens with one attached hydrogen (secondary N) is 1. The fraction of sp³-hybridized carbons (Fsp3) is 0.318. The number of fused-ring (bicyclic) bond motifs is 1. The average molecular weight is 362 g/mol. The Labute approximate surface area is 160 Å². The van der Waals surface area contributed by atoms with Crippen LogP contribution in [0.2, 0.25) is 0 Å². The Kier molecular flexibility index (Phi) is 4.62. The summed E-state index contributed by atoms with van der Waals surface area (Å²) in [6.07, 6.45) is 1.95. The van der Waals surface area contributed by atoms with Crippen molar-refractivity contribution in [1.82, 2.24) is 9.30 Å². The van der Waals surface area contributed by atoms with Crippen molar-refractivity contribution in [2.45, 2.75) is 13.8 Å². The number of carbonyl (C=O) groups is 1. The second-order valence-corrected chi connectivity index (χ2v) is 7.47. The van der Waals surface area contributed by atoms with Crippen molar-refractivity contribution in [2.75, 3.05) is 43.4 Å². The fourth-order valence-electron chi connectivity index (χ4n) is 3.58. The van der Waals surface area contributed by atoms with Gasteiger partial charge >= 0.3 is 0 Å². The first kappa shape index (κ1) is 17.6. The van der Waals surface area contributed by atoms with E-state index < -0.39 is 0 Å². The van der Waals surface area contributed by atoms with Crippen LogP contribution in [0.4, 0.5) is 11.5 Å². The van der Waals surface area contributed by atoms with Crippen LogP contribution in [0.15, 0.2) is 48.7 Å². The van der Waals surface area contributed by atoms with Gasteiger partial charge in [0, 0.05) is 43.6 Å². The molecule has 140 valence electrons. The zero-order valence-electron chi connectivity index (χ0n) is 16.2. The normalized spacial score (nSPS) is 15.3. The molecule has 0 saturated carbocycles. The largest absolute Gasteiger partial charge is 0.355 e. The third-order valence-electron chi connectivity index (χ3n) is 5.36. The van der Waals surface area contributed by atoms with Gasteiger partial charge < -0.3 is 19.5 Å². The molecule has 3 heterocycles. The molecule has 1 N–H and O–H groups in total. The van der Waals surface area contributed by atoms with Gasteiger partial charge in [0.2, 0.25) is 0 Å². The molecule has 1 aromatic carbocycles. The van der Waals surface area contributed by atoms with Crippen LogP contribution in [0.1, 0.15) is 21.5 Å². The number of nitrogens with zero attached hydrogens (tertiary/aromatic N) is 3. The van der Waals surface area contributed by atoms with E-state index in [1.165, 1.54) is 0 Å². The summed E-state index contributed by atoms with van der Waals surface area (Å²) in [5, 5.41) is 3.06. The summed E-state index contributed by atoms with van der Waals surface area (Å²) in [7, 11) is 2.16. The van der Waals surface area contributed by atoms with Crippen LogP contribution in [0.5, 0.6) is 0 Å². The molecule has 0 unspecified atom stereocenters. The molecular formula is C22H26N4O. The highest BCUT2D eigenvalue weighted by Gasteiger charge is 2.17. The Hall–Kier alpha value is -2.79. The molecule has 0 radical (unpaired) electrons.